The molecule has 0 aromatic carbocycles. The van der Waals surface area contributed by atoms with Crippen LogP contribution < -0.4 is 5.32 Å². The summed E-state index contributed by atoms with van der Waals surface area (Å²) in [6.07, 6.45) is 7.59. The standard InChI is InChI=1S/C15H34N2/c1-7-11-12-14(16-13-8-2)15(9-3,10-4)17(5)6/h14,16H,7-13H2,1-6H3. The molecule has 104 valence electrons. The highest BCUT2D eigenvalue weighted by Gasteiger charge is 2.36. The van der Waals surface area contributed by atoms with E-state index in [-0.39, 0.29) is 0 Å². The fourth-order valence-corrected chi connectivity index (χ4v) is 2.97. The van der Waals surface area contributed by atoms with E-state index in [2.05, 4.69) is 52.0 Å². The van der Waals surface area contributed by atoms with Gasteiger partial charge in [0.25, 0.3) is 0 Å². The Morgan fingerprint density at radius 2 is 1.59 bits per heavy atom. The molecule has 2 nitrogen and oxygen atoms in total. The summed E-state index contributed by atoms with van der Waals surface area (Å²) in [7, 11) is 4.47. The van der Waals surface area contributed by atoms with E-state index >= 15 is 0 Å². The van der Waals surface area contributed by atoms with Gasteiger partial charge in [-0.25, -0.2) is 0 Å². The zero-order chi connectivity index (χ0) is 13.3. The van der Waals surface area contributed by atoms with E-state index < -0.39 is 0 Å². The quantitative estimate of drug-likeness (QED) is 0.629. The molecule has 0 amide bonds. The van der Waals surface area contributed by atoms with Gasteiger partial charge in [-0.2, -0.15) is 0 Å². The van der Waals surface area contributed by atoms with Gasteiger partial charge in [-0.05, 0) is 46.3 Å². The Labute approximate surface area is 109 Å². The van der Waals surface area contributed by atoms with Crippen LogP contribution in [0.15, 0.2) is 0 Å². The zero-order valence-electron chi connectivity index (χ0n) is 13.0. The summed E-state index contributed by atoms with van der Waals surface area (Å²) in [5.41, 5.74) is 0.324. The minimum Gasteiger partial charge on any atom is -0.312 e. The zero-order valence-corrected chi connectivity index (χ0v) is 13.0. The maximum Gasteiger partial charge on any atom is 0.0351 e. The third-order valence-corrected chi connectivity index (χ3v) is 4.25. The minimum absolute atomic E-state index is 0.324. The molecule has 0 aliphatic rings. The first-order valence-electron chi connectivity index (χ1n) is 7.49. The van der Waals surface area contributed by atoms with Crippen molar-refractivity contribution < 1.29 is 0 Å². The van der Waals surface area contributed by atoms with Crippen LogP contribution in [0.4, 0.5) is 0 Å². The number of nitrogens with one attached hydrogen (secondary N) is 1. The molecule has 0 saturated heterocycles. The lowest BCUT2D eigenvalue weighted by atomic mass is 9.80. The highest BCUT2D eigenvalue weighted by Crippen LogP contribution is 2.28. The minimum atomic E-state index is 0.324. The molecule has 0 aromatic rings. The fraction of sp³-hybridized carbons (Fsp3) is 1.00. The van der Waals surface area contributed by atoms with Crippen molar-refractivity contribution in [3.8, 4) is 0 Å². The normalized spacial score (nSPS) is 14.3. The van der Waals surface area contributed by atoms with E-state index in [1.165, 1.54) is 38.5 Å². The molecule has 0 aromatic heterocycles. The summed E-state index contributed by atoms with van der Waals surface area (Å²) < 4.78 is 0. The van der Waals surface area contributed by atoms with Crippen molar-refractivity contribution in [2.45, 2.75) is 77.8 Å². The number of rotatable bonds is 10. The average molecular weight is 242 g/mol. The molecule has 0 bridgehead atoms. The molecular formula is C15H34N2. The van der Waals surface area contributed by atoms with Crippen molar-refractivity contribution in [3.63, 3.8) is 0 Å². The highest BCUT2D eigenvalue weighted by molar-refractivity contribution is 4.96. The first kappa shape index (κ1) is 16.9. The second-order valence-electron chi connectivity index (χ2n) is 5.35. The topological polar surface area (TPSA) is 15.3 Å². The third kappa shape index (κ3) is 4.59. The molecule has 0 spiro atoms. The second-order valence-corrected chi connectivity index (χ2v) is 5.35. The van der Waals surface area contributed by atoms with Crippen molar-refractivity contribution in [1.29, 1.82) is 0 Å². The van der Waals surface area contributed by atoms with Crippen LogP contribution in [0.5, 0.6) is 0 Å². The Hall–Kier alpha value is -0.0800. The van der Waals surface area contributed by atoms with Gasteiger partial charge in [-0.15, -0.1) is 0 Å². The second kappa shape index (κ2) is 8.93. The van der Waals surface area contributed by atoms with E-state index in [1.807, 2.05) is 0 Å². The van der Waals surface area contributed by atoms with E-state index in [0.29, 0.717) is 11.6 Å². The van der Waals surface area contributed by atoms with Crippen LogP contribution in [0.25, 0.3) is 0 Å². The first-order chi connectivity index (χ1) is 8.08. The summed E-state index contributed by atoms with van der Waals surface area (Å²) in [5, 5.41) is 3.79. The fourth-order valence-electron chi connectivity index (χ4n) is 2.97. The Bertz CT molecular complexity index is 166. The smallest absolute Gasteiger partial charge is 0.0351 e. The van der Waals surface area contributed by atoms with E-state index in [0.717, 1.165) is 6.54 Å². The number of likely N-dealkylation sites (N-methyl/N-ethyl adjacent to an activating group) is 1. The lowest BCUT2D eigenvalue weighted by Gasteiger charge is -2.46. The molecule has 0 fully saturated rings. The lowest BCUT2D eigenvalue weighted by Crippen LogP contribution is -2.58. The molecule has 1 N–H and O–H groups in total. The van der Waals surface area contributed by atoms with Gasteiger partial charge in [0, 0.05) is 11.6 Å². The van der Waals surface area contributed by atoms with Gasteiger partial charge in [0.15, 0.2) is 0 Å². The van der Waals surface area contributed by atoms with Crippen LogP contribution in [0.1, 0.15) is 66.2 Å². The number of nitrogens with zero attached hydrogens (tertiary/aromatic N) is 1. The van der Waals surface area contributed by atoms with Crippen molar-refractivity contribution in [1.82, 2.24) is 10.2 Å². The van der Waals surface area contributed by atoms with E-state index in [1.54, 1.807) is 0 Å². The molecule has 1 unspecified atom stereocenters. The van der Waals surface area contributed by atoms with Gasteiger partial charge in [0.05, 0.1) is 0 Å². The van der Waals surface area contributed by atoms with Crippen LogP contribution in [0.2, 0.25) is 0 Å². The molecule has 2 heteroatoms. The maximum absolute atomic E-state index is 3.79. The Kier molecular flexibility index (Phi) is 8.89. The predicted molar refractivity (Wildman–Crippen MR) is 78.6 cm³/mol. The first-order valence-corrected chi connectivity index (χ1v) is 7.49. The molecule has 0 rings (SSSR count). The summed E-state index contributed by atoms with van der Waals surface area (Å²) in [6, 6.07) is 0.632. The van der Waals surface area contributed by atoms with Crippen LogP contribution >= 0.6 is 0 Å². The lowest BCUT2D eigenvalue weighted by molar-refractivity contribution is 0.0830. The molecular weight excluding hydrogens is 208 g/mol. The van der Waals surface area contributed by atoms with Crippen LogP contribution in [-0.4, -0.2) is 37.1 Å². The maximum atomic E-state index is 3.79. The van der Waals surface area contributed by atoms with E-state index in [9.17, 15) is 0 Å². The molecule has 0 saturated carbocycles. The number of hydrogen-bond donors (Lipinski definition) is 1. The van der Waals surface area contributed by atoms with Crippen molar-refractivity contribution in [2.24, 2.45) is 0 Å². The largest absolute Gasteiger partial charge is 0.312 e. The summed E-state index contributed by atoms with van der Waals surface area (Å²) in [5.74, 6) is 0. The van der Waals surface area contributed by atoms with Gasteiger partial charge in [-0.3, -0.25) is 0 Å². The average Bonchev–Trinajstić information content (AvgIpc) is 2.33. The molecule has 0 heterocycles. The third-order valence-electron chi connectivity index (χ3n) is 4.25. The van der Waals surface area contributed by atoms with Gasteiger partial charge in [0.2, 0.25) is 0 Å². The molecule has 17 heavy (non-hydrogen) atoms. The molecule has 0 radical (unpaired) electrons. The summed E-state index contributed by atoms with van der Waals surface area (Å²) in [6.45, 7) is 10.3. The van der Waals surface area contributed by atoms with Gasteiger partial charge < -0.3 is 10.2 Å². The Morgan fingerprint density at radius 3 is 1.94 bits per heavy atom. The Morgan fingerprint density at radius 1 is 1.00 bits per heavy atom. The number of hydrogen-bond acceptors (Lipinski definition) is 2. The summed E-state index contributed by atoms with van der Waals surface area (Å²) >= 11 is 0. The van der Waals surface area contributed by atoms with Crippen molar-refractivity contribution in [2.75, 3.05) is 20.6 Å². The van der Waals surface area contributed by atoms with Gasteiger partial charge in [0.1, 0.15) is 0 Å². The Balaban J connectivity index is 4.78. The van der Waals surface area contributed by atoms with Crippen LogP contribution in [-0.2, 0) is 0 Å². The molecule has 1 atom stereocenters. The van der Waals surface area contributed by atoms with Gasteiger partial charge >= 0.3 is 0 Å². The highest BCUT2D eigenvalue weighted by atomic mass is 15.2. The van der Waals surface area contributed by atoms with E-state index in [4.69, 9.17) is 0 Å². The van der Waals surface area contributed by atoms with Crippen LogP contribution in [0, 0.1) is 0 Å². The molecule has 0 aliphatic heterocycles. The molecule has 0 aliphatic carbocycles. The van der Waals surface area contributed by atoms with Crippen LogP contribution in [0.3, 0.4) is 0 Å². The van der Waals surface area contributed by atoms with Crippen molar-refractivity contribution in [3.05, 3.63) is 0 Å². The number of unbranched alkanes of at least 4 members (excludes halogenated alkanes) is 1. The van der Waals surface area contributed by atoms with Gasteiger partial charge in [-0.1, -0.05) is 40.5 Å². The monoisotopic (exact) mass is 242 g/mol. The van der Waals surface area contributed by atoms with Crippen molar-refractivity contribution >= 4 is 0 Å². The summed E-state index contributed by atoms with van der Waals surface area (Å²) in [4.78, 5) is 2.44. The SMILES string of the molecule is CCCCC(NCCC)C(CC)(CC)N(C)C. The predicted octanol–water partition coefficient (Wildman–Crippen LogP) is 3.67.